The average molecular weight is 196 g/mol. The molecule has 0 saturated heterocycles. The lowest BCUT2D eigenvalue weighted by Gasteiger charge is -2.01. The molecule has 0 radical (unpaired) electrons. The smallest absolute Gasteiger partial charge is 0.129 e. The Hall–Kier alpha value is -0.240. The van der Waals surface area contributed by atoms with Crippen LogP contribution >= 0.6 is 11.8 Å². The molecule has 1 nitrogen and oxygen atoms in total. The second kappa shape index (κ2) is 3.87. The Bertz CT molecular complexity index is 244. The van der Waals surface area contributed by atoms with Gasteiger partial charge in [-0.3, -0.25) is 0 Å². The molecule has 2 aliphatic rings. The van der Waals surface area contributed by atoms with E-state index >= 15 is 0 Å². The Kier molecular flexibility index (Phi) is 2.77. The third kappa shape index (κ3) is 2.60. The summed E-state index contributed by atoms with van der Waals surface area (Å²) < 4.78 is 0. The maximum absolute atomic E-state index is 10.7. The molecule has 72 valence electrons. The molecule has 1 aliphatic carbocycles. The van der Waals surface area contributed by atoms with Crippen LogP contribution in [-0.2, 0) is 4.79 Å². The first-order chi connectivity index (χ1) is 6.25. The van der Waals surface area contributed by atoms with E-state index in [1.165, 1.54) is 19.3 Å². The molecule has 0 amide bonds. The molecule has 0 spiro atoms. The zero-order chi connectivity index (χ0) is 9.26. The summed E-state index contributed by atoms with van der Waals surface area (Å²) >= 11 is 2.07. The Morgan fingerprint density at radius 2 is 2.46 bits per heavy atom. The molecule has 1 saturated carbocycles. The Balaban J connectivity index is 1.58. The van der Waals surface area contributed by atoms with Gasteiger partial charge in [-0.15, -0.1) is 11.8 Å². The maximum atomic E-state index is 10.7. The average Bonchev–Trinajstić information content (AvgIpc) is 2.68. The van der Waals surface area contributed by atoms with E-state index in [0.717, 1.165) is 24.0 Å². The van der Waals surface area contributed by atoms with Crippen LogP contribution in [0.15, 0.2) is 11.0 Å². The first-order valence-electron chi connectivity index (χ1n) is 5.12. The highest BCUT2D eigenvalue weighted by molar-refractivity contribution is 8.04. The first-order valence-corrected chi connectivity index (χ1v) is 6.00. The topological polar surface area (TPSA) is 17.1 Å². The Labute approximate surface area is 84.0 Å². The highest BCUT2D eigenvalue weighted by Gasteiger charge is 2.41. The van der Waals surface area contributed by atoms with Gasteiger partial charge in [0.05, 0.1) is 0 Å². The number of carbonyl (C=O) groups is 1. The summed E-state index contributed by atoms with van der Waals surface area (Å²) in [7, 11) is 0. The van der Waals surface area contributed by atoms with Crippen molar-refractivity contribution < 1.29 is 4.79 Å². The molecular formula is C11H16OS. The predicted molar refractivity (Wildman–Crippen MR) is 56.7 cm³/mol. The zero-order valence-corrected chi connectivity index (χ0v) is 8.90. The van der Waals surface area contributed by atoms with Crippen molar-refractivity contribution in [3.05, 3.63) is 11.0 Å². The van der Waals surface area contributed by atoms with E-state index in [-0.39, 0.29) is 0 Å². The molecule has 0 bridgehead atoms. The van der Waals surface area contributed by atoms with Crippen molar-refractivity contribution in [3.63, 3.8) is 0 Å². The fourth-order valence-electron chi connectivity index (χ4n) is 1.79. The van der Waals surface area contributed by atoms with Gasteiger partial charge >= 0.3 is 0 Å². The van der Waals surface area contributed by atoms with Crippen molar-refractivity contribution in [3.8, 4) is 0 Å². The molecule has 1 aliphatic heterocycles. The van der Waals surface area contributed by atoms with Crippen molar-refractivity contribution >= 4 is 17.5 Å². The SMILES string of the molecule is CC(=O)CCCCC1=CC2CC2S1. The van der Waals surface area contributed by atoms with Crippen LogP contribution in [0.2, 0.25) is 0 Å². The third-order valence-electron chi connectivity index (χ3n) is 2.68. The molecule has 0 aromatic rings. The number of thioether (sulfide) groups is 1. The van der Waals surface area contributed by atoms with Gasteiger partial charge in [0.2, 0.25) is 0 Å². The Morgan fingerprint density at radius 1 is 1.62 bits per heavy atom. The monoisotopic (exact) mass is 196 g/mol. The van der Waals surface area contributed by atoms with Crippen LogP contribution in [0.25, 0.3) is 0 Å². The van der Waals surface area contributed by atoms with E-state index in [2.05, 4.69) is 17.8 Å². The molecule has 0 aromatic carbocycles. The number of hydrogen-bond donors (Lipinski definition) is 0. The molecule has 13 heavy (non-hydrogen) atoms. The van der Waals surface area contributed by atoms with Gasteiger partial charge in [-0.1, -0.05) is 6.08 Å². The van der Waals surface area contributed by atoms with E-state index in [1.54, 1.807) is 11.8 Å². The minimum atomic E-state index is 0.330. The molecular weight excluding hydrogens is 180 g/mol. The Morgan fingerprint density at radius 3 is 3.08 bits per heavy atom. The molecule has 0 aromatic heterocycles. The van der Waals surface area contributed by atoms with Gasteiger partial charge in [0.15, 0.2) is 0 Å². The summed E-state index contributed by atoms with van der Waals surface area (Å²) in [6.45, 7) is 1.68. The number of allylic oxidation sites excluding steroid dienone is 2. The van der Waals surface area contributed by atoms with Gasteiger partial charge in [-0.05, 0) is 43.4 Å². The molecule has 1 heterocycles. The summed E-state index contributed by atoms with van der Waals surface area (Å²) in [6, 6.07) is 0. The second-order valence-corrected chi connectivity index (χ2v) is 5.46. The van der Waals surface area contributed by atoms with Crippen molar-refractivity contribution in [2.75, 3.05) is 0 Å². The van der Waals surface area contributed by atoms with Gasteiger partial charge in [0.25, 0.3) is 0 Å². The van der Waals surface area contributed by atoms with Crippen LogP contribution in [0, 0.1) is 5.92 Å². The van der Waals surface area contributed by atoms with Crippen LogP contribution < -0.4 is 0 Å². The van der Waals surface area contributed by atoms with Crippen molar-refractivity contribution in [1.29, 1.82) is 0 Å². The molecule has 2 rings (SSSR count). The van der Waals surface area contributed by atoms with Crippen LogP contribution in [0.4, 0.5) is 0 Å². The molecule has 2 atom stereocenters. The van der Waals surface area contributed by atoms with Crippen molar-refractivity contribution in [2.24, 2.45) is 5.92 Å². The highest BCUT2D eigenvalue weighted by Crippen LogP contribution is 2.53. The molecule has 2 unspecified atom stereocenters. The van der Waals surface area contributed by atoms with E-state index in [0.29, 0.717) is 5.78 Å². The quantitative estimate of drug-likeness (QED) is 0.628. The number of ketones is 1. The van der Waals surface area contributed by atoms with Crippen LogP contribution in [-0.4, -0.2) is 11.0 Å². The molecule has 0 N–H and O–H groups in total. The molecule has 1 fully saturated rings. The largest absolute Gasteiger partial charge is 0.300 e. The minimum Gasteiger partial charge on any atom is -0.300 e. The van der Waals surface area contributed by atoms with E-state index in [4.69, 9.17) is 0 Å². The van der Waals surface area contributed by atoms with E-state index in [9.17, 15) is 4.79 Å². The highest BCUT2D eigenvalue weighted by atomic mass is 32.2. The fraction of sp³-hybridized carbons (Fsp3) is 0.727. The third-order valence-corrected chi connectivity index (χ3v) is 4.17. The van der Waals surface area contributed by atoms with Gasteiger partial charge < -0.3 is 4.79 Å². The number of hydrogen-bond acceptors (Lipinski definition) is 2. The van der Waals surface area contributed by atoms with Gasteiger partial charge in [0, 0.05) is 11.7 Å². The maximum Gasteiger partial charge on any atom is 0.129 e. The van der Waals surface area contributed by atoms with E-state index in [1.807, 2.05) is 0 Å². The summed E-state index contributed by atoms with van der Waals surface area (Å²) in [5.74, 6) is 1.25. The lowest BCUT2D eigenvalue weighted by Crippen LogP contribution is -1.89. The lowest BCUT2D eigenvalue weighted by atomic mass is 10.1. The van der Waals surface area contributed by atoms with Gasteiger partial charge in [0.1, 0.15) is 5.78 Å². The summed E-state index contributed by atoms with van der Waals surface area (Å²) in [4.78, 5) is 12.3. The number of rotatable bonds is 5. The number of Topliss-reactive ketones (excluding diaryl/α,β-unsaturated/α-hetero) is 1. The van der Waals surface area contributed by atoms with Crippen LogP contribution in [0.3, 0.4) is 0 Å². The summed E-state index contributed by atoms with van der Waals surface area (Å²) in [5, 5.41) is 0.947. The first kappa shape index (κ1) is 9.32. The summed E-state index contributed by atoms with van der Waals surface area (Å²) in [5.41, 5.74) is 0. The summed E-state index contributed by atoms with van der Waals surface area (Å²) in [6.07, 6.45) is 8.11. The number of fused-ring (bicyclic) bond motifs is 1. The number of unbranched alkanes of at least 4 members (excludes halogenated alkanes) is 1. The minimum absolute atomic E-state index is 0.330. The lowest BCUT2D eigenvalue weighted by molar-refractivity contribution is -0.117. The standard InChI is InChI=1S/C11H16OS/c1-8(12)4-2-3-5-10-6-9-7-11(9)13-10/h6,9,11H,2-5,7H2,1H3. The number of carbonyl (C=O) groups excluding carboxylic acids is 1. The zero-order valence-electron chi connectivity index (χ0n) is 8.08. The van der Waals surface area contributed by atoms with Crippen LogP contribution in [0.1, 0.15) is 39.0 Å². The van der Waals surface area contributed by atoms with Gasteiger partial charge in [-0.25, -0.2) is 0 Å². The van der Waals surface area contributed by atoms with Crippen molar-refractivity contribution in [2.45, 2.75) is 44.3 Å². The van der Waals surface area contributed by atoms with E-state index < -0.39 is 0 Å². The van der Waals surface area contributed by atoms with Crippen LogP contribution in [0.5, 0.6) is 0 Å². The van der Waals surface area contributed by atoms with Gasteiger partial charge in [-0.2, -0.15) is 0 Å². The van der Waals surface area contributed by atoms with Crippen molar-refractivity contribution in [1.82, 2.24) is 0 Å². The normalized spacial score (nSPS) is 29.8. The predicted octanol–water partition coefficient (Wildman–Crippen LogP) is 3.16. The fourth-order valence-corrected chi connectivity index (χ4v) is 3.26. The molecule has 2 heteroatoms. The second-order valence-electron chi connectivity index (χ2n) is 4.10.